The first-order valence-electron chi connectivity index (χ1n) is 14.4. The van der Waals surface area contributed by atoms with E-state index in [1.54, 1.807) is 53.8 Å². The fourth-order valence-electron chi connectivity index (χ4n) is 4.14. The summed E-state index contributed by atoms with van der Waals surface area (Å²) in [6, 6.07) is 31.0. The number of nitrogens with two attached hydrogens (primary N) is 2. The second-order valence-corrected chi connectivity index (χ2v) is 12.1. The number of carbonyl (C=O) groups excluding carboxylic acids is 2. The molecule has 5 aromatic rings. The van der Waals surface area contributed by atoms with E-state index < -0.39 is 18.2 Å². The molecule has 0 aliphatic rings. The fourth-order valence-corrected chi connectivity index (χ4v) is 5.88. The number of nitrogens with zero attached hydrogens (tertiary/aromatic N) is 1. The summed E-state index contributed by atoms with van der Waals surface area (Å²) in [4.78, 5) is 42.3. The summed E-state index contributed by atoms with van der Waals surface area (Å²) < 4.78 is 37.6. The Balaban J connectivity index is 0.000000698. The summed E-state index contributed by atoms with van der Waals surface area (Å²) >= 11 is 3.00. The summed E-state index contributed by atoms with van der Waals surface area (Å²) in [5.74, 6) is -2.79. The predicted octanol–water partition coefficient (Wildman–Crippen LogP) is 6.38. The molecule has 0 saturated heterocycles. The number of carbonyl (C=O) groups is 3. The van der Waals surface area contributed by atoms with E-state index in [1.807, 2.05) is 66.0 Å². The first-order valence-corrected chi connectivity index (χ1v) is 16.1. The number of amides is 2. The van der Waals surface area contributed by atoms with Crippen LogP contribution in [0.4, 0.5) is 18.9 Å². The van der Waals surface area contributed by atoms with Crippen molar-refractivity contribution in [3.05, 3.63) is 130 Å². The fraction of sp³-hybridized carbons (Fsp3) is 0.118. The van der Waals surface area contributed by atoms with E-state index in [1.165, 1.54) is 11.3 Å². The van der Waals surface area contributed by atoms with Gasteiger partial charge >= 0.3 is 12.1 Å². The number of carboxylic acid groups (broad SMARTS) is 1. The van der Waals surface area contributed by atoms with E-state index >= 15 is 0 Å². The Bertz CT molecular complexity index is 1860. The van der Waals surface area contributed by atoms with Crippen molar-refractivity contribution in [3.8, 4) is 15.5 Å². The number of aliphatic carboxylic acids is 1. The molecule has 254 valence electrons. The van der Waals surface area contributed by atoms with Crippen molar-refractivity contribution in [1.29, 1.82) is 0 Å². The first-order chi connectivity index (χ1) is 23.4. The van der Waals surface area contributed by atoms with Crippen molar-refractivity contribution in [1.82, 2.24) is 10.6 Å². The molecule has 0 saturated carbocycles. The molecule has 0 bridgehead atoms. The number of nitrogens with one attached hydrogen (secondary N) is 2. The van der Waals surface area contributed by atoms with Gasteiger partial charge in [-0.25, -0.2) is 9.79 Å². The van der Waals surface area contributed by atoms with Crippen molar-refractivity contribution in [3.63, 3.8) is 0 Å². The lowest BCUT2D eigenvalue weighted by Crippen LogP contribution is -2.40. The Morgan fingerprint density at radius 2 is 1.51 bits per heavy atom. The van der Waals surface area contributed by atoms with Crippen molar-refractivity contribution in [2.75, 3.05) is 0 Å². The molecule has 0 aliphatic carbocycles. The largest absolute Gasteiger partial charge is 0.490 e. The minimum atomic E-state index is -5.08. The highest BCUT2D eigenvalue weighted by molar-refractivity contribution is 7.22. The maximum atomic E-state index is 13.5. The third-order valence-corrected chi connectivity index (χ3v) is 8.65. The normalized spacial score (nSPS) is 11.3. The molecular weight excluding hydrogens is 680 g/mol. The Kier molecular flexibility index (Phi) is 12.5. The molecule has 5 rings (SSSR count). The van der Waals surface area contributed by atoms with Crippen molar-refractivity contribution in [2.24, 2.45) is 16.5 Å². The van der Waals surface area contributed by atoms with Crippen LogP contribution in [0.5, 0.6) is 5.75 Å². The van der Waals surface area contributed by atoms with Crippen molar-refractivity contribution in [2.45, 2.75) is 25.4 Å². The number of thiophene rings is 2. The van der Waals surface area contributed by atoms with Crippen LogP contribution in [-0.4, -0.2) is 35.0 Å². The lowest BCUT2D eigenvalue weighted by atomic mass is 10.1. The zero-order valence-electron chi connectivity index (χ0n) is 25.5. The van der Waals surface area contributed by atoms with Gasteiger partial charge in [-0.1, -0.05) is 60.7 Å². The molecule has 0 radical (unpaired) electrons. The maximum Gasteiger partial charge on any atom is 0.490 e. The van der Waals surface area contributed by atoms with Gasteiger partial charge in [-0.05, 0) is 64.5 Å². The van der Waals surface area contributed by atoms with Crippen LogP contribution in [0, 0.1) is 0 Å². The second-order valence-electron chi connectivity index (χ2n) is 10.1. The Labute approximate surface area is 286 Å². The van der Waals surface area contributed by atoms with E-state index in [4.69, 9.17) is 26.1 Å². The molecule has 2 heterocycles. The molecule has 2 aromatic heterocycles. The average Bonchev–Trinajstić information content (AvgIpc) is 3.80. The number of ether oxygens (including phenoxy) is 1. The first kappa shape index (κ1) is 36.2. The zero-order chi connectivity index (χ0) is 35.4. The molecule has 1 atom stereocenters. The number of alkyl halides is 3. The number of rotatable bonds is 11. The van der Waals surface area contributed by atoms with Gasteiger partial charge in [-0.3, -0.25) is 9.59 Å². The van der Waals surface area contributed by atoms with Gasteiger partial charge in [0.25, 0.3) is 5.91 Å². The Morgan fingerprint density at radius 3 is 2.10 bits per heavy atom. The minimum Gasteiger partial charge on any atom is -0.489 e. The van der Waals surface area contributed by atoms with Gasteiger partial charge in [0, 0.05) is 16.3 Å². The van der Waals surface area contributed by atoms with E-state index in [2.05, 4.69) is 15.6 Å². The summed E-state index contributed by atoms with van der Waals surface area (Å²) in [5.41, 5.74) is 14.0. The number of aliphatic imine (C=N–C) groups is 1. The molecule has 0 fully saturated rings. The molecule has 0 unspecified atom stereocenters. The van der Waals surface area contributed by atoms with Crippen LogP contribution >= 0.6 is 22.7 Å². The van der Waals surface area contributed by atoms with Crippen LogP contribution in [0.25, 0.3) is 9.75 Å². The third-order valence-electron chi connectivity index (χ3n) is 6.50. The molecule has 0 aliphatic heterocycles. The molecular formula is C34H30F3N5O5S2. The number of halogens is 3. The zero-order valence-corrected chi connectivity index (χ0v) is 27.1. The van der Waals surface area contributed by atoms with Gasteiger partial charge < -0.3 is 31.9 Å². The monoisotopic (exact) mass is 709 g/mol. The van der Waals surface area contributed by atoms with E-state index in [-0.39, 0.29) is 24.3 Å². The summed E-state index contributed by atoms with van der Waals surface area (Å²) in [7, 11) is 0. The standard InChI is InChI=1S/C32H29N5O3S2.C2HF3O2/c33-32(34)36-24-12-8-21(9-13-24)19-35-31(39)29(37-30(38)28-17-16-27(42-28)26-7-4-18-41-26)23-10-14-25(15-11-23)40-20-22-5-2-1-3-6-22;3-2(4,5)1(6)7/h1-18,29H,19-20H2,(H,35,39)(H,37,38)(H4,33,34,36);(H,6,7)/t29-;/m0./s1. The summed E-state index contributed by atoms with van der Waals surface area (Å²) in [5, 5.41) is 15.0. The predicted molar refractivity (Wildman–Crippen MR) is 183 cm³/mol. The van der Waals surface area contributed by atoms with E-state index in [0.29, 0.717) is 28.5 Å². The molecule has 3 aromatic carbocycles. The number of carboxylic acids is 1. The van der Waals surface area contributed by atoms with Gasteiger partial charge in [0.05, 0.1) is 10.6 Å². The van der Waals surface area contributed by atoms with Crippen molar-refractivity contribution < 1.29 is 37.4 Å². The quantitative estimate of drug-likeness (QED) is 0.0783. The number of guanidine groups is 1. The second kappa shape index (κ2) is 16.9. The molecule has 10 nitrogen and oxygen atoms in total. The van der Waals surface area contributed by atoms with Gasteiger partial charge in [0.1, 0.15) is 18.4 Å². The Morgan fingerprint density at radius 1 is 0.837 bits per heavy atom. The number of hydrogen-bond donors (Lipinski definition) is 5. The van der Waals surface area contributed by atoms with Crippen LogP contribution < -0.4 is 26.8 Å². The molecule has 15 heteroatoms. The highest BCUT2D eigenvalue weighted by Gasteiger charge is 2.38. The molecule has 49 heavy (non-hydrogen) atoms. The highest BCUT2D eigenvalue weighted by Crippen LogP contribution is 2.32. The van der Waals surface area contributed by atoms with Crippen molar-refractivity contribution >= 4 is 52.1 Å². The highest BCUT2D eigenvalue weighted by atomic mass is 32.1. The third kappa shape index (κ3) is 11.2. The summed E-state index contributed by atoms with van der Waals surface area (Å²) in [6.07, 6.45) is -5.08. The average molecular weight is 710 g/mol. The SMILES string of the molecule is NC(N)=Nc1ccc(CNC(=O)[C@@H](NC(=O)c2ccc(-c3cccs3)s2)c2ccc(OCc3ccccc3)cc2)cc1.O=C(O)C(F)(F)F. The molecule has 7 N–H and O–H groups in total. The van der Waals surface area contributed by atoms with Crippen LogP contribution in [-0.2, 0) is 22.7 Å². The van der Waals surface area contributed by atoms with Gasteiger partial charge in [-0.2, -0.15) is 13.2 Å². The van der Waals surface area contributed by atoms with E-state index in [0.717, 1.165) is 20.9 Å². The maximum absolute atomic E-state index is 13.5. The number of benzene rings is 3. The smallest absolute Gasteiger partial charge is 0.489 e. The van der Waals surface area contributed by atoms with Crippen LogP contribution in [0.1, 0.15) is 32.4 Å². The van der Waals surface area contributed by atoms with Gasteiger partial charge in [0.2, 0.25) is 5.91 Å². The lowest BCUT2D eigenvalue weighted by Gasteiger charge is -2.19. The Hall–Kier alpha value is -5.67. The van der Waals surface area contributed by atoms with Crippen LogP contribution in [0.3, 0.4) is 0 Å². The molecule has 2 amide bonds. The summed E-state index contributed by atoms with van der Waals surface area (Å²) in [6.45, 7) is 0.681. The van der Waals surface area contributed by atoms with Crippen LogP contribution in [0.15, 0.2) is 114 Å². The van der Waals surface area contributed by atoms with Gasteiger partial charge in [0.15, 0.2) is 5.96 Å². The topological polar surface area (TPSA) is 169 Å². The molecule has 0 spiro atoms. The van der Waals surface area contributed by atoms with E-state index in [9.17, 15) is 22.8 Å². The number of hydrogen-bond acceptors (Lipinski definition) is 7. The lowest BCUT2D eigenvalue weighted by molar-refractivity contribution is -0.192. The van der Waals surface area contributed by atoms with Gasteiger partial charge in [-0.15, -0.1) is 22.7 Å². The minimum absolute atomic E-state index is 0.0284. The van der Waals surface area contributed by atoms with Crippen LogP contribution in [0.2, 0.25) is 0 Å².